The van der Waals surface area contributed by atoms with Crippen molar-refractivity contribution in [3.8, 4) is 0 Å². The molecule has 3 rings (SSSR count). The largest absolute Gasteiger partial charge is 0.269 e. The summed E-state index contributed by atoms with van der Waals surface area (Å²) in [5.74, 6) is 0.345. The lowest BCUT2D eigenvalue weighted by atomic mass is 9.75. The molecule has 1 aliphatic carbocycles. The number of non-ortho nitro benzene ring substituents is 1. The van der Waals surface area contributed by atoms with Crippen LogP contribution < -0.4 is 5.43 Å². The summed E-state index contributed by atoms with van der Waals surface area (Å²) in [5.41, 5.74) is 3.60. The summed E-state index contributed by atoms with van der Waals surface area (Å²) < 4.78 is 0. The maximum absolute atomic E-state index is 12.8. The van der Waals surface area contributed by atoms with Crippen LogP contribution in [0.25, 0.3) is 0 Å². The van der Waals surface area contributed by atoms with Gasteiger partial charge in [0.15, 0.2) is 0 Å². The molecule has 0 spiro atoms. The Morgan fingerprint density at radius 2 is 1.91 bits per heavy atom. The SMILES string of the molecule is CC1(C)[C@H]2CCCC[C@@H]2NN1C(=O)c1ccc([N+](=O)[O-])cc1. The number of fused-ring (bicyclic) bond motifs is 1. The number of amides is 1. The highest BCUT2D eigenvalue weighted by Gasteiger charge is 2.50. The quantitative estimate of drug-likeness (QED) is 0.673. The van der Waals surface area contributed by atoms with Gasteiger partial charge in [0.1, 0.15) is 0 Å². The summed E-state index contributed by atoms with van der Waals surface area (Å²) in [7, 11) is 0. The number of rotatable bonds is 2. The first-order chi connectivity index (χ1) is 10.4. The van der Waals surface area contributed by atoms with Crippen LogP contribution in [-0.2, 0) is 0 Å². The molecule has 2 fully saturated rings. The van der Waals surface area contributed by atoms with Crippen LogP contribution in [0, 0.1) is 16.0 Å². The monoisotopic (exact) mass is 303 g/mol. The second-order valence-electron chi connectivity index (χ2n) is 6.72. The second-order valence-corrected chi connectivity index (χ2v) is 6.72. The molecule has 1 heterocycles. The highest BCUT2D eigenvalue weighted by molar-refractivity contribution is 5.94. The molecule has 0 aromatic heterocycles. The minimum atomic E-state index is -0.457. The smallest absolute Gasteiger partial charge is 0.268 e. The minimum absolute atomic E-state index is 0.00105. The van der Waals surface area contributed by atoms with E-state index < -0.39 is 4.92 Å². The van der Waals surface area contributed by atoms with E-state index in [0.717, 1.165) is 12.8 Å². The number of hydrogen-bond donors (Lipinski definition) is 1. The summed E-state index contributed by atoms with van der Waals surface area (Å²) in [4.78, 5) is 23.0. The normalized spacial score (nSPS) is 26.5. The standard InChI is InChI=1S/C16H21N3O3/c1-16(2)13-5-3-4-6-14(13)17-18(16)15(20)11-7-9-12(10-8-11)19(21)22/h7-10,13-14,17H,3-6H2,1-2H3/t13-,14-/m0/s1. The third-order valence-corrected chi connectivity index (χ3v) is 5.07. The van der Waals surface area contributed by atoms with Gasteiger partial charge in [-0.2, -0.15) is 0 Å². The lowest BCUT2D eigenvalue weighted by molar-refractivity contribution is -0.384. The van der Waals surface area contributed by atoms with Gasteiger partial charge in [0, 0.05) is 29.7 Å². The molecule has 0 radical (unpaired) electrons. The molecular formula is C16H21N3O3. The maximum atomic E-state index is 12.8. The van der Waals surface area contributed by atoms with Gasteiger partial charge < -0.3 is 0 Å². The summed E-state index contributed by atoms with van der Waals surface area (Å²) in [5, 5.41) is 12.4. The predicted octanol–water partition coefficient (Wildman–Crippen LogP) is 2.89. The van der Waals surface area contributed by atoms with E-state index >= 15 is 0 Å². The van der Waals surface area contributed by atoms with Crippen molar-refractivity contribution in [1.82, 2.24) is 10.4 Å². The molecular weight excluding hydrogens is 282 g/mol. The number of nitro benzene ring substituents is 1. The highest BCUT2D eigenvalue weighted by atomic mass is 16.6. The first-order valence-electron chi connectivity index (χ1n) is 7.76. The van der Waals surface area contributed by atoms with Gasteiger partial charge in [0.2, 0.25) is 0 Å². The Hall–Kier alpha value is -1.95. The third-order valence-electron chi connectivity index (χ3n) is 5.07. The number of nitrogens with zero attached hydrogens (tertiary/aromatic N) is 2. The molecule has 118 valence electrons. The van der Waals surface area contributed by atoms with Crippen LogP contribution in [0.4, 0.5) is 5.69 Å². The van der Waals surface area contributed by atoms with E-state index in [1.54, 1.807) is 5.01 Å². The van der Waals surface area contributed by atoms with Gasteiger partial charge in [-0.3, -0.25) is 19.9 Å². The number of nitrogens with one attached hydrogen (secondary N) is 1. The van der Waals surface area contributed by atoms with Gasteiger partial charge in [-0.1, -0.05) is 12.8 Å². The van der Waals surface area contributed by atoms with E-state index in [2.05, 4.69) is 19.3 Å². The average Bonchev–Trinajstić information content (AvgIpc) is 2.78. The average molecular weight is 303 g/mol. The lowest BCUT2D eigenvalue weighted by Crippen LogP contribution is -2.50. The Balaban J connectivity index is 1.83. The molecule has 6 nitrogen and oxygen atoms in total. The Morgan fingerprint density at radius 1 is 1.27 bits per heavy atom. The van der Waals surface area contributed by atoms with E-state index in [0.29, 0.717) is 17.5 Å². The van der Waals surface area contributed by atoms with Gasteiger partial charge in [0.25, 0.3) is 11.6 Å². The fourth-order valence-corrected chi connectivity index (χ4v) is 3.80. The van der Waals surface area contributed by atoms with Crippen molar-refractivity contribution in [1.29, 1.82) is 0 Å². The Bertz CT molecular complexity index is 597. The Morgan fingerprint density at radius 3 is 2.50 bits per heavy atom. The van der Waals surface area contributed by atoms with E-state index in [9.17, 15) is 14.9 Å². The van der Waals surface area contributed by atoms with Crippen molar-refractivity contribution in [2.75, 3.05) is 0 Å². The second kappa shape index (κ2) is 5.35. The molecule has 1 N–H and O–H groups in total. The summed E-state index contributed by atoms with van der Waals surface area (Å²) in [6, 6.07) is 6.17. The first kappa shape index (κ1) is 15.0. The van der Waals surface area contributed by atoms with E-state index in [1.165, 1.54) is 37.1 Å². The molecule has 1 aliphatic heterocycles. The van der Waals surface area contributed by atoms with Crippen LogP contribution in [-0.4, -0.2) is 27.4 Å². The fraction of sp³-hybridized carbons (Fsp3) is 0.562. The third kappa shape index (κ3) is 2.37. The molecule has 2 aliphatic rings. The van der Waals surface area contributed by atoms with Crippen molar-refractivity contribution in [2.24, 2.45) is 5.92 Å². The molecule has 2 atom stereocenters. The lowest BCUT2D eigenvalue weighted by Gasteiger charge is -2.36. The van der Waals surface area contributed by atoms with Crippen molar-refractivity contribution in [3.05, 3.63) is 39.9 Å². The van der Waals surface area contributed by atoms with Crippen molar-refractivity contribution < 1.29 is 9.72 Å². The maximum Gasteiger partial charge on any atom is 0.269 e. The number of hydrazine groups is 1. The number of carbonyl (C=O) groups excluding carboxylic acids is 1. The topological polar surface area (TPSA) is 75.5 Å². The molecule has 1 aromatic rings. The molecule has 0 bridgehead atoms. The Labute approximate surface area is 129 Å². The molecule has 1 saturated carbocycles. The first-order valence-corrected chi connectivity index (χ1v) is 7.76. The zero-order valence-electron chi connectivity index (χ0n) is 12.9. The van der Waals surface area contributed by atoms with Gasteiger partial charge in [0.05, 0.1) is 10.5 Å². The highest BCUT2D eigenvalue weighted by Crippen LogP contribution is 2.41. The summed E-state index contributed by atoms with van der Waals surface area (Å²) in [6.07, 6.45) is 4.64. The predicted molar refractivity (Wildman–Crippen MR) is 82.2 cm³/mol. The number of carbonyl (C=O) groups is 1. The van der Waals surface area contributed by atoms with Gasteiger partial charge in [-0.25, -0.2) is 5.43 Å². The fourth-order valence-electron chi connectivity index (χ4n) is 3.80. The molecule has 22 heavy (non-hydrogen) atoms. The summed E-state index contributed by atoms with van der Waals surface area (Å²) in [6.45, 7) is 4.19. The van der Waals surface area contributed by atoms with Crippen molar-refractivity contribution in [2.45, 2.75) is 51.1 Å². The van der Waals surface area contributed by atoms with E-state index in [4.69, 9.17) is 0 Å². The molecule has 6 heteroatoms. The van der Waals surface area contributed by atoms with Crippen LogP contribution in [0.2, 0.25) is 0 Å². The summed E-state index contributed by atoms with van der Waals surface area (Å²) >= 11 is 0. The van der Waals surface area contributed by atoms with Crippen molar-refractivity contribution in [3.63, 3.8) is 0 Å². The van der Waals surface area contributed by atoms with Crippen LogP contribution in [0.5, 0.6) is 0 Å². The van der Waals surface area contributed by atoms with Crippen molar-refractivity contribution >= 4 is 11.6 Å². The number of nitro groups is 1. The van der Waals surface area contributed by atoms with Gasteiger partial charge in [-0.05, 0) is 38.8 Å². The van der Waals surface area contributed by atoms with Gasteiger partial charge in [-0.15, -0.1) is 0 Å². The van der Waals surface area contributed by atoms with Gasteiger partial charge >= 0.3 is 0 Å². The zero-order valence-corrected chi connectivity index (χ0v) is 12.9. The molecule has 1 saturated heterocycles. The molecule has 0 unspecified atom stereocenters. The zero-order chi connectivity index (χ0) is 15.9. The molecule has 1 amide bonds. The van der Waals surface area contributed by atoms with Crippen LogP contribution in [0.15, 0.2) is 24.3 Å². The van der Waals surface area contributed by atoms with E-state index in [-0.39, 0.29) is 17.1 Å². The van der Waals surface area contributed by atoms with Crippen LogP contribution >= 0.6 is 0 Å². The van der Waals surface area contributed by atoms with Crippen LogP contribution in [0.3, 0.4) is 0 Å². The number of benzene rings is 1. The number of hydrogen-bond acceptors (Lipinski definition) is 4. The minimum Gasteiger partial charge on any atom is -0.268 e. The Kier molecular flexibility index (Phi) is 3.64. The van der Waals surface area contributed by atoms with E-state index in [1.807, 2.05) is 0 Å². The van der Waals surface area contributed by atoms with Crippen LogP contribution in [0.1, 0.15) is 49.9 Å². The molecule has 1 aromatic carbocycles.